The van der Waals surface area contributed by atoms with Crippen molar-refractivity contribution in [3.63, 3.8) is 0 Å². The van der Waals surface area contributed by atoms with Gasteiger partial charge >= 0.3 is 0 Å². The van der Waals surface area contributed by atoms with Crippen LogP contribution in [0.25, 0.3) is 10.9 Å². The molecule has 3 aromatic rings. The molecule has 0 bridgehead atoms. The molecule has 0 unspecified atom stereocenters. The van der Waals surface area contributed by atoms with Crippen LogP contribution in [-0.2, 0) is 11.2 Å². The summed E-state index contributed by atoms with van der Waals surface area (Å²) in [7, 11) is 0. The van der Waals surface area contributed by atoms with Crippen LogP contribution in [0.2, 0.25) is 0 Å². The van der Waals surface area contributed by atoms with Crippen molar-refractivity contribution in [2.45, 2.75) is 6.42 Å². The maximum absolute atomic E-state index is 13.5. The number of aromatic nitrogens is 1. The zero-order valence-electron chi connectivity index (χ0n) is 11.2. The lowest BCUT2D eigenvalue weighted by atomic mass is 10.2. The molecule has 0 aliphatic carbocycles. The van der Waals surface area contributed by atoms with Crippen LogP contribution in [0.15, 0.2) is 60.7 Å². The quantitative estimate of drug-likeness (QED) is 0.797. The third kappa shape index (κ3) is 3.05. The van der Waals surface area contributed by atoms with E-state index in [9.17, 15) is 9.18 Å². The van der Waals surface area contributed by atoms with Gasteiger partial charge in [-0.1, -0.05) is 36.4 Å². The zero-order chi connectivity index (χ0) is 14.7. The second-order valence-electron chi connectivity index (χ2n) is 4.70. The molecule has 21 heavy (non-hydrogen) atoms. The predicted molar refractivity (Wildman–Crippen MR) is 80.5 cm³/mol. The minimum atomic E-state index is -0.447. The third-order valence-electron chi connectivity index (χ3n) is 3.15. The Morgan fingerprint density at radius 3 is 2.62 bits per heavy atom. The highest BCUT2D eigenvalue weighted by Gasteiger charge is 2.08. The van der Waals surface area contributed by atoms with E-state index in [0.717, 1.165) is 10.9 Å². The highest BCUT2D eigenvalue weighted by molar-refractivity contribution is 5.92. The lowest BCUT2D eigenvalue weighted by Gasteiger charge is -2.06. The van der Waals surface area contributed by atoms with Gasteiger partial charge in [-0.25, -0.2) is 4.39 Å². The molecule has 1 heterocycles. The molecule has 104 valence electrons. The van der Waals surface area contributed by atoms with Crippen molar-refractivity contribution in [3.05, 3.63) is 72.2 Å². The van der Waals surface area contributed by atoms with Gasteiger partial charge in [-0.15, -0.1) is 0 Å². The summed E-state index contributed by atoms with van der Waals surface area (Å²) in [6.07, 6.45) is 0.110. The Morgan fingerprint density at radius 1 is 1.00 bits per heavy atom. The van der Waals surface area contributed by atoms with Gasteiger partial charge in [0.2, 0.25) is 5.91 Å². The summed E-state index contributed by atoms with van der Waals surface area (Å²) in [5.41, 5.74) is 1.68. The van der Waals surface area contributed by atoms with Crippen molar-refractivity contribution in [2.75, 3.05) is 5.32 Å². The fourth-order valence-electron chi connectivity index (χ4n) is 2.13. The minimum absolute atomic E-state index is 0.110. The Morgan fingerprint density at radius 2 is 1.76 bits per heavy atom. The van der Waals surface area contributed by atoms with Crippen LogP contribution in [-0.4, -0.2) is 10.9 Å². The topological polar surface area (TPSA) is 42.0 Å². The number of benzene rings is 2. The molecule has 0 aliphatic rings. The highest BCUT2D eigenvalue weighted by atomic mass is 19.1. The Bertz CT molecular complexity index is 801. The predicted octanol–water partition coefficient (Wildman–Crippen LogP) is 3.56. The van der Waals surface area contributed by atoms with Crippen LogP contribution in [0.1, 0.15) is 5.69 Å². The average molecular weight is 280 g/mol. The van der Waals surface area contributed by atoms with Gasteiger partial charge in [0.1, 0.15) is 5.82 Å². The molecule has 0 spiro atoms. The lowest BCUT2D eigenvalue weighted by molar-refractivity contribution is -0.115. The van der Waals surface area contributed by atoms with Gasteiger partial charge in [-0.3, -0.25) is 9.78 Å². The smallest absolute Gasteiger partial charge is 0.230 e. The molecule has 0 fully saturated rings. The number of para-hydroxylation sites is 2. The first-order chi connectivity index (χ1) is 10.2. The third-order valence-corrected chi connectivity index (χ3v) is 3.15. The molecule has 0 saturated heterocycles. The standard InChI is InChI=1S/C17H13FN2O/c18-14-6-2-4-8-16(14)20-17(21)11-13-10-9-12-5-1-3-7-15(12)19-13/h1-10H,11H2,(H,20,21). The van der Waals surface area contributed by atoms with E-state index in [2.05, 4.69) is 10.3 Å². The van der Waals surface area contributed by atoms with E-state index >= 15 is 0 Å². The van der Waals surface area contributed by atoms with Crippen molar-refractivity contribution in [2.24, 2.45) is 0 Å². The van der Waals surface area contributed by atoms with Gasteiger partial charge in [-0.2, -0.15) is 0 Å². The van der Waals surface area contributed by atoms with E-state index in [1.807, 2.05) is 36.4 Å². The number of nitrogens with one attached hydrogen (secondary N) is 1. The van der Waals surface area contributed by atoms with Crippen LogP contribution in [0.4, 0.5) is 10.1 Å². The maximum atomic E-state index is 13.5. The maximum Gasteiger partial charge on any atom is 0.230 e. The van der Waals surface area contributed by atoms with Crippen LogP contribution in [0.3, 0.4) is 0 Å². The Kier molecular flexibility index (Phi) is 3.60. The van der Waals surface area contributed by atoms with Crippen LogP contribution >= 0.6 is 0 Å². The second kappa shape index (κ2) is 5.71. The van der Waals surface area contributed by atoms with E-state index in [1.165, 1.54) is 12.1 Å². The molecule has 0 radical (unpaired) electrons. The summed E-state index contributed by atoms with van der Waals surface area (Å²) in [5, 5.41) is 3.58. The van der Waals surface area contributed by atoms with E-state index in [1.54, 1.807) is 12.1 Å². The first kappa shape index (κ1) is 13.2. The summed E-state index contributed by atoms with van der Waals surface area (Å²) in [6.45, 7) is 0. The van der Waals surface area contributed by atoms with Gasteiger partial charge in [0.05, 0.1) is 23.3 Å². The summed E-state index contributed by atoms with van der Waals surface area (Å²) in [4.78, 5) is 16.4. The number of amides is 1. The number of hydrogen-bond donors (Lipinski definition) is 1. The van der Waals surface area contributed by atoms with Gasteiger partial charge in [-0.05, 0) is 24.3 Å². The van der Waals surface area contributed by atoms with E-state index in [0.29, 0.717) is 5.69 Å². The van der Waals surface area contributed by atoms with Crippen molar-refractivity contribution >= 4 is 22.5 Å². The van der Waals surface area contributed by atoms with Gasteiger partial charge in [0, 0.05) is 5.39 Å². The van der Waals surface area contributed by atoms with E-state index in [-0.39, 0.29) is 18.0 Å². The number of halogens is 1. The number of anilines is 1. The normalized spacial score (nSPS) is 10.5. The molecule has 4 heteroatoms. The van der Waals surface area contributed by atoms with Crippen molar-refractivity contribution in [1.29, 1.82) is 0 Å². The van der Waals surface area contributed by atoms with Crippen molar-refractivity contribution in [3.8, 4) is 0 Å². The Balaban J connectivity index is 1.75. The van der Waals surface area contributed by atoms with E-state index < -0.39 is 5.82 Å². The molecule has 1 N–H and O–H groups in total. The number of rotatable bonds is 3. The summed E-state index contributed by atoms with van der Waals surface area (Å²) < 4.78 is 13.5. The Hall–Kier alpha value is -2.75. The summed E-state index contributed by atoms with van der Waals surface area (Å²) >= 11 is 0. The van der Waals surface area contributed by atoms with Gasteiger partial charge in [0.25, 0.3) is 0 Å². The second-order valence-corrected chi connectivity index (χ2v) is 4.70. The van der Waals surface area contributed by atoms with Crippen LogP contribution in [0, 0.1) is 5.82 Å². The molecule has 3 rings (SSSR count). The number of nitrogens with zero attached hydrogens (tertiary/aromatic N) is 1. The zero-order valence-corrected chi connectivity index (χ0v) is 11.2. The van der Waals surface area contributed by atoms with E-state index in [4.69, 9.17) is 0 Å². The SMILES string of the molecule is O=C(Cc1ccc2ccccc2n1)Nc1ccccc1F. The fourth-order valence-corrected chi connectivity index (χ4v) is 2.13. The molecular weight excluding hydrogens is 267 g/mol. The lowest BCUT2D eigenvalue weighted by Crippen LogP contribution is -2.16. The molecule has 0 atom stereocenters. The highest BCUT2D eigenvalue weighted by Crippen LogP contribution is 2.14. The summed E-state index contributed by atoms with van der Waals surface area (Å²) in [5.74, 6) is -0.736. The molecule has 2 aromatic carbocycles. The van der Waals surface area contributed by atoms with Crippen LogP contribution in [0.5, 0.6) is 0 Å². The minimum Gasteiger partial charge on any atom is -0.323 e. The van der Waals surface area contributed by atoms with Crippen molar-refractivity contribution < 1.29 is 9.18 Å². The molecule has 1 amide bonds. The van der Waals surface area contributed by atoms with Crippen molar-refractivity contribution in [1.82, 2.24) is 4.98 Å². The van der Waals surface area contributed by atoms with Crippen LogP contribution < -0.4 is 5.32 Å². The number of carbonyl (C=O) groups is 1. The first-order valence-electron chi connectivity index (χ1n) is 6.61. The number of pyridine rings is 1. The largest absolute Gasteiger partial charge is 0.323 e. The number of carbonyl (C=O) groups excluding carboxylic acids is 1. The fraction of sp³-hybridized carbons (Fsp3) is 0.0588. The molecule has 3 nitrogen and oxygen atoms in total. The number of fused-ring (bicyclic) bond motifs is 1. The Labute approximate surface area is 121 Å². The molecular formula is C17H13FN2O. The van der Waals surface area contributed by atoms with Gasteiger partial charge < -0.3 is 5.32 Å². The number of hydrogen-bond acceptors (Lipinski definition) is 2. The van der Waals surface area contributed by atoms with Gasteiger partial charge in [0.15, 0.2) is 0 Å². The molecule has 0 saturated carbocycles. The molecule has 0 aliphatic heterocycles. The monoisotopic (exact) mass is 280 g/mol. The average Bonchev–Trinajstić information content (AvgIpc) is 2.49. The first-order valence-corrected chi connectivity index (χ1v) is 6.61. The summed E-state index contributed by atoms with van der Waals surface area (Å²) in [6, 6.07) is 17.5. The molecule has 1 aromatic heterocycles.